The molecule has 1 aromatic heterocycles. The van der Waals surface area contributed by atoms with Crippen molar-refractivity contribution in [1.29, 1.82) is 0 Å². The minimum atomic E-state index is -4.35. The van der Waals surface area contributed by atoms with Gasteiger partial charge in [0.2, 0.25) is 5.88 Å². The number of alkyl halides is 3. The van der Waals surface area contributed by atoms with Gasteiger partial charge in [-0.15, -0.1) is 0 Å². The molecule has 0 spiro atoms. The Kier molecular flexibility index (Phi) is 4.56. The quantitative estimate of drug-likeness (QED) is 0.449. The van der Waals surface area contributed by atoms with Gasteiger partial charge in [0.15, 0.2) is 0 Å². The molecule has 2 unspecified atom stereocenters. The summed E-state index contributed by atoms with van der Waals surface area (Å²) in [7, 11) is 0. The summed E-state index contributed by atoms with van der Waals surface area (Å²) in [4.78, 5) is 4.48. The molecule has 0 radical (unpaired) electrons. The maximum Gasteiger partial charge on any atom is 0.416 e. The summed E-state index contributed by atoms with van der Waals surface area (Å²) in [5, 5.41) is 0. The lowest BCUT2D eigenvalue weighted by molar-refractivity contribution is -0.138. The van der Waals surface area contributed by atoms with Gasteiger partial charge in [0.1, 0.15) is 6.61 Å². The number of benzene rings is 2. The van der Waals surface area contributed by atoms with E-state index in [0.717, 1.165) is 48.3 Å². The van der Waals surface area contributed by atoms with E-state index in [0.29, 0.717) is 24.0 Å². The average Bonchev–Trinajstić information content (AvgIpc) is 3.47. The molecule has 3 aliphatic rings. The van der Waals surface area contributed by atoms with Gasteiger partial charge in [0.25, 0.3) is 0 Å². The standard InChI is InChI=1S/C27H24F3NO/c28-27(29,30)25-7-2-1-5-21(25)20-6-3-4-17-9-8-16(10-22(17)20)15-32-26-13-19-11-18-12-23(18)24(19)14-31-26/h1-2,5,7-10,13-14,18,20,23H,3-4,6,11-12,15H2/t18-,20?,23?/m0/s1. The molecular weight excluding hydrogens is 411 g/mol. The first kappa shape index (κ1) is 19.8. The van der Waals surface area contributed by atoms with Crippen molar-refractivity contribution in [3.05, 3.63) is 93.7 Å². The number of fused-ring (bicyclic) bond motifs is 4. The summed E-state index contributed by atoms with van der Waals surface area (Å²) in [5.41, 5.74) is 5.67. The Morgan fingerprint density at radius 3 is 2.72 bits per heavy atom. The molecule has 32 heavy (non-hydrogen) atoms. The monoisotopic (exact) mass is 435 g/mol. The highest BCUT2D eigenvalue weighted by molar-refractivity contribution is 5.46. The highest BCUT2D eigenvalue weighted by Gasteiger charge is 2.45. The first-order valence-electron chi connectivity index (χ1n) is 11.4. The molecule has 0 amide bonds. The predicted octanol–water partition coefficient (Wildman–Crippen LogP) is 6.81. The van der Waals surface area contributed by atoms with Crippen LogP contribution in [-0.2, 0) is 25.6 Å². The zero-order valence-electron chi connectivity index (χ0n) is 17.7. The molecule has 0 saturated heterocycles. The average molecular weight is 435 g/mol. The van der Waals surface area contributed by atoms with E-state index in [4.69, 9.17) is 4.74 Å². The third-order valence-corrected chi connectivity index (χ3v) is 7.36. The molecule has 5 heteroatoms. The molecule has 3 atom stereocenters. The highest BCUT2D eigenvalue weighted by atomic mass is 19.4. The number of hydrogen-bond donors (Lipinski definition) is 0. The van der Waals surface area contributed by atoms with Crippen LogP contribution >= 0.6 is 0 Å². The van der Waals surface area contributed by atoms with Crippen LogP contribution in [0.3, 0.4) is 0 Å². The summed E-state index contributed by atoms with van der Waals surface area (Å²) in [6.07, 6.45) is 2.53. The molecule has 0 aliphatic heterocycles. The normalized spacial score (nSPS) is 23.3. The van der Waals surface area contributed by atoms with Crippen LogP contribution in [0.25, 0.3) is 0 Å². The van der Waals surface area contributed by atoms with Gasteiger partial charge in [-0.3, -0.25) is 0 Å². The number of rotatable bonds is 4. The summed E-state index contributed by atoms with van der Waals surface area (Å²) in [6, 6.07) is 14.2. The summed E-state index contributed by atoms with van der Waals surface area (Å²) in [6.45, 7) is 0.361. The van der Waals surface area contributed by atoms with E-state index in [-0.39, 0.29) is 5.92 Å². The maximum absolute atomic E-state index is 13.7. The SMILES string of the molecule is FC(F)(F)c1ccccc1C1CCCc2ccc(COc3cc4c(cn3)C3C[C@@H]3C4)cc21. The van der Waals surface area contributed by atoms with Crippen LogP contribution in [0.4, 0.5) is 13.2 Å². The minimum Gasteiger partial charge on any atom is -0.473 e. The fourth-order valence-electron chi connectivity index (χ4n) is 5.69. The van der Waals surface area contributed by atoms with Crippen molar-refractivity contribution in [2.24, 2.45) is 5.92 Å². The topological polar surface area (TPSA) is 22.1 Å². The first-order valence-corrected chi connectivity index (χ1v) is 11.4. The van der Waals surface area contributed by atoms with Crippen LogP contribution in [0.1, 0.15) is 70.0 Å². The number of nitrogens with zero attached hydrogens (tertiary/aromatic N) is 1. The molecule has 3 aliphatic carbocycles. The number of pyridine rings is 1. The van der Waals surface area contributed by atoms with Crippen LogP contribution in [0.2, 0.25) is 0 Å². The number of aromatic nitrogens is 1. The van der Waals surface area contributed by atoms with E-state index < -0.39 is 11.7 Å². The second kappa shape index (κ2) is 7.36. The van der Waals surface area contributed by atoms with E-state index in [1.807, 2.05) is 18.3 Å². The van der Waals surface area contributed by atoms with Gasteiger partial charge in [0, 0.05) is 18.2 Å². The Labute approximate surface area is 185 Å². The zero-order valence-corrected chi connectivity index (χ0v) is 17.7. The molecule has 2 aromatic carbocycles. The number of aryl methyl sites for hydroxylation is 1. The molecule has 0 bridgehead atoms. The summed E-state index contributed by atoms with van der Waals surface area (Å²) < 4.78 is 47.0. The molecule has 1 heterocycles. The van der Waals surface area contributed by atoms with Crippen molar-refractivity contribution in [2.45, 2.75) is 56.7 Å². The van der Waals surface area contributed by atoms with Crippen molar-refractivity contribution in [1.82, 2.24) is 4.98 Å². The Bertz CT molecular complexity index is 1190. The molecule has 6 rings (SSSR count). The van der Waals surface area contributed by atoms with Crippen molar-refractivity contribution < 1.29 is 17.9 Å². The van der Waals surface area contributed by atoms with Gasteiger partial charge in [-0.2, -0.15) is 13.2 Å². The van der Waals surface area contributed by atoms with Gasteiger partial charge in [-0.05, 0) is 83.4 Å². The largest absolute Gasteiger partial charge is 0.473 e. The van der Waals surface area contributed by atoms with Crippen LogP contribution in [0.15, 0.2) is 54.7 Å². The van der Waals surface area contributed by atoms with Crippen LogP contribution in [0, 0.1) is 5.92 Å². The van der Waals surface area contributed by atoms with Crippen molar-refractivity contribution in [2.75, 3.05) is 0 Å². The molecule has 2 nitrogen and oxygen atoms in total. The second-order valence-corrected chi connectivity index (χ2v) is 9.38. The molecular formula is C27H24F3NO. The van der Waals surface area contributed by atoms with Crippen molar-refractivity contribution >= 4 is 0 Å². The summed E-state index contributed by atoms with van der Waals surface area (Å²) in [5.74, 6) is 1.89. The lowest BCUT2D eigenvalue weighted by Gasteiger charge is -2.28. The smallest absolute Gasteiger partial charge is 0.416 e. The number of ether oxygens (including phenoxy) is 1. The third kappa shape index (κ3) is 3.48. The van der Waals surface area contributed by atoms with E-state index in [9.17, 15) is 13.2 Å². The number of hydrogen-bond acceptors (Lipinski definition) is 2. The molecule has 0 N–H and O–H groups in total. The van der Waals surface area contributed by atoms with Crippen molar-refractivity contribution in [3.8, 4) is 5.88 Å². The Morgan fingerprint density at radius 1 is 0.969 bits per heavy atom. The van der Waals surface area contributed by atoms with Gasteiger partial charge in [-0.25, -0.2) is 4.98 Å². The highest BCUT2D eigenvalue weighted by Crippen LogP contribution is 2.56. The number of halogens is 3. The van der Waals surface area contributed by atoms with Gasteiger partial charge in [-0.1, -0.05) is 36.4 Å². The summed E-state index contributed by atoms with van der Waals surface area (Å²) >= 11 is 0. The first-order chi connectivity index (χ1) is 15.5. The van der Waals surface area contributed by atoms with Crippen LogP contribution < -0.4 is 4.74 Å². The van der Waals surface area contributed by atoms with Crippen molar-refractivity contribution in [3.63, 3.8) is 0 Å². The van der Waals surface area contributed by atoms with Crippen LogP contribution in [0.5, 0.6) is 5.88 Å². The van der Waals surface area contributed by atoms with E-state index in [1.165, 1.54) is 29.7 Å². The molecule has 164 valence electrons. The fourth-order valence-corrected chi connectivity index (χ4v) is 5.69. The van der Waals surface area contributed by atoms with E-state index in [2.05, 4.69) is 17.1 Å². The molecule has 1 fully saturated rings. The molecule has 3 aromatic rings. The van der Waals surface area contributed by atoms with E-state index in [1.54, 1.807) is 12.1 Å². The lowest BCUT2D eigenvalue weighted by atomic mass is 9.77. The van der Waals surface area contributed by atoms with E-state index >= 15 is 0 Å². The Hall–Kier alpha value is -2.82. The minimum absolute atomic E-state index is 0.249. The second-order valence-electron chi connectivity index (χ2n) is 9.38. The third-order valence-electron chi connectivity index (χ3n) is 7.36. The van der Waals surface area contributed by atoms with Gasteiger partial charge < -0.3 is 4.74 Å². The lowest BCUT2D eigenvalue weighted by Crippen LogP contribution is -2.17. The Morgan fingerprint density at radius 2 is 1.84 bits per heavy atom. The van der Waals surface area contributed by atoms with Gasteiger partial charge >= 0.3 is 6.18 Å². The fraction of sp³-hybridized carbons (Fsp3) is 0.370. The Balaban J connectivity index is 1.26. The molecule has 1 saturated carbocycles. The maximum atomic E-state index is 13.7. The van der Waals surface area contributed by atoms with Crippen LogP contribution in [-0.4, -0.2) is 4.98 Å². The van der Waals surface area contributed by atoms with Gasteiger partial charge in [0.05, 0.1) is 5.56 Å². The predicted molar refractivity (Wildman–Crippen MR) is 116 cm³/mol. The zero-order chi connectivity index (χ0) is 21.9.